The SMILES string of the molecule is CCc1nccn1-c1cccc(B2OC(C)(C)C(C)(C)O2)n1. The summed E-state index contributed by atoms with van der Waals surface area (Å²) in [5, 5.41) is 0. The quantitative estimate of drug-likeness (QED) is 0.815. The van der Waals surface area contributed by atoms with Gasteiger partial charge in [-0.05, 0) is 39.8 Å². The second-order valence-electron chi connectivity index (χ2n) is 6.58. The lowest BCUT2D eigenvalue weighted by Crippen LogP contribution is -2.41. The van der Waals surface area contributed by atoms with E-state index >= 15 is 0 Å². The molecule has 3 rings (SSSR count). The summed E-state index contributed by atoms with van der Waals surface area (Å²) in [6, 6.07) is 5.88. The number of aromatic nitrogens is 3. The lowest BCUT2D eigenvalue weighted by Gasteiger charge is -2.32. The van der Waals surface area contributed by atoms with Crippen LogP contribution in [0, 0.1) is 0 Å². The summed E-state index contributed by atoms with van der Waals surface area (Å²) < 4.78 is 14.1. The number of aryl methyl sites for hydroxylation is 1. The summed E-state index contributed by atoms with van der Waals surface area (Å²) in [6.45, 7) is 10.3. The molecule has 6 heteroatoms. The summed E-state index contributed by atoms with van der Waals surface area (Å²) >= 11 is 0. The number of nitrogens with zero attached hydrogens (tertiary/aromatic N) is 3. The van der Waals surface area contributed by atoms with Crippen LogP contribution in [0.3, 0.4) is 0 Å². The fraction of sp³-hybridized carbons (Fsp3) is 0.500. The first-order valence-corrected chi connectivity index (χ1v) is 7.69. The molecular weight excluding hydrogens is 277 g/mol. The smallest absolute Gasteiger partial charge is 0.398 e. The molecule has 1 saturated heterocycles. The third-order valence-corrected chi connectivity index (χ3v) is 4.53. The van der Waals surface area contributed by atoms with Gasteiger partial charge in [0.15, 0.2) is 0 Å². The molecule has 0 spiro atoms. The first-order chi connectivity index (χ1) is 10.3. The van der Waals surface area contributed by atoms with Crippen LogP contribution in [0.25, 0.3) is 5.82 Å². The monoisotopic (exact) mass is 299 g/mol. The van der Waals surface area contributed by atoms with Gasteiger partial charge < -0.3 is 9.31 Å². The number of hydrogen-bond acceptors (Lipinski definition) is 4. The van der Waals surface area contributed by atoms with E-state index in [0.29, 0.717) is 0 Å². The Kier molecular flexibility index (Phi) is 3.61. The molecule has 1 fully saturated rings. The predicted molar refractivity (Wildman–Crippen MR) is 86.5 cm³/mol. The Morgan fingerprint density at radius 2 is 1.82 bits per heavy atom. The van der Waals surface area contributed by atoms with Gasteiger partial charge in [-0.1, -0.05) is 13.0 Å². The lowest BCUT2D eigenvalue weighted by atomic mass is 9.84. The molecule has 0 aliphatic carbocycles. The maximum absolute atomic E-state index is 6.07. The van der Waals surface area contributed by atoms with Crippen LogP contribution >= 0.6 is 0 Å². The van der Waals surface area contributed by atoms with E-state index in [-0.39, 0.29) is 11.2 Å². The molecule has 0 amide bonds. The molecule has 0 radical (unpaired) electrons. The Morgan fingerprint density at radius 1 is 1.14 bits per heavy atom. The summed E-state index contributed by atoms with van der Waals surface area (Å²) in [5.74, 6) is 1.82. The fourth-order valence-corrected chi connectivity index (χ4v) is 2.47. The zero-order chi connectivity index (χ0) is 16.0. The minimum absolute atomic E-state index is 0.362. The summed E-state index contributed by atoms with van der Waals surface area (Å²) in [7, 11) is -0.446. The normalized spacial score (nSPS) is 19.6. The Bertz CT molecular complexity index is 666. The van der Waals surface area contributed by atoms with E-state index in [1.807, 2.05) is 56.7 Å². The fourth-order valence-electron chi connectivity index (χ4n) is 2.47. The van der Waals surface area contributed by atoms with Crippen molar-refractivity contribution in [3.63, 3.8) is 0 Å². The molecule has 116 valence electrons. The maximum atomic E-state index is 6.07. The van der Waals surface area contributed by atoms with Gasteiger partial charge in [0.05, 0.1) is 16.8 Å². The Labute approximate surface area is 131 Å². The second-order valence-corrected chi connectivity index (χ2v) is 6.58. The standard InChI is InChI=1S/C16H22BN3O2/c1-6-13-18-10-11-20(13)14-9-7-8-12(19-14)17-21-15(2,3)16(4,5)22-17/h7-11H,6H2,1-5H3. The van der Waals surface area contributed by atoms with Crippen LogP contribution in [-0.2, 0) is 15.7 Å². The predicted octanol–water partition coefficient (Wildman–Crippen LogP) is 2.13. The van der Waals surface area contributed by atoms with Gasteiger partial charge >= 0.3 is 7.12 Å². The van der Waals surface area contributed by atoms with Gasteiger partial charge in [0.25, 0.3) is 0 Å². The molecule has 0 unspecified atom stereocenters. The molecule has 22 heavy (non-hydrogen) atoms. The minimum Gasteiger partial charge on any atom is -0.398 e. The van der Waals surface area contributed by atoms with E-state index in [0.717, 1.165) is 23.7 Å². The number of imidazole rings is 1. The second kappa shape index (κ2) is 5.21. The molecule has 0 aromatic carbocycles. The highest BCUT2D eigenvalue weighted by Crippen LogP contribution is 2.36. The van der Waals surface area contributed by atoms with Crippen molar-refractivity contribution in [3.8, 4) is 5.82 Å². The van der Waals surface area contributed by atoms with Gasteiger partial charge in [-0.3, -0.25) is 4.57 Å². The van der Waals surface area contributed by atoms with Crippen molar-refractivity contribution in [2.24, 2.45) is 0 Å². The summed E-state index contributed by atoms with van der Waals surface area (Å²) in [6.07, 6.45) is 4.58. The molecule has 1 aliphatic rings. The largest absolute Gasteiger partial charge is 0.514 e. The van der Waals surface area contributed by atoms with Crippen molar-refractivity contribution < 1.29 is 9.31 Å². The molecule has 1 aliphatic heterocycles. The molecule has 0 bridgehead atoms. The van der Waals surface area contributed by atoms with Crippen molar-refractivity contribution in [1.82, 2.24) is 14.5 Å². The summed E-state index contributed by atoms with van der Waals surface area (Å²) in [5.41, 5.74) is 0.0598. The summed E-state index contributed by atoms with van der Waals surface area (Å²) in [4.78, 5) is 9.05. The third-order valence-electron chi connectivity index (χ3n) is 4.53. The third kappa shape index (κ3) is 2.46. The highest BCUT2D eigenvalue weighted by Gasteiger charge is 2.52. The van der Waals surface area contributed by atoms with Crippen molar-refractivity contribution in [1.29, 1.82) is 0 Å². The first kappa shape index (κ1) is 15.2. The van der Waals surface area contributed by atoms with Gasteiger partial charge in [0.2, 0.25) is 0 Å². The van der Waals surface area contributed by atoms with Crippen molar-refractivity contribution >= 4 is 12.7 Å². The molecule has 0 N–H and O–H groups in total. The Hall–Kier alpha value is -1.66. The van der Waals surface area contributed by atoms with Gasteiger partial charge in [-0.15, -0.1) is 0 Å². The van der Waals surface area contributed by atoms with Crippen LogP contribution in [0.4, 0.5) is 0 Å². The first-order valence-electron chi connectivity index (χ1n) is 7.69. The van der Waals surface area contributed by atoms with Crippen LogP contribution in [-0.4, -0.2) is 32.9 Å². The van der Waals surface area contributed by atoms with Gasteiger partial charge in [-0.2, -0.15) is 0 Å². The molecule has 3 heterocycles. The molecule has 0 saturated carbocycles. The van der Waals surface area contributed by atoms with Crippen LogP contribution in [0.15, 0.2) is 30.6 Å². The van der Waals surface area contributed by atoms with Crippen molar-refractivity contribution in [2.75, 3.05) is 0 Å². The zero-order valence-corrected chi connectivity index (χ0v) is 13.8. The lowest BCUT2D eigenvalue weighted by molar-refractivity contribution is 0.00578. The maximum Gasteiger partial charge on any atom is 0.514 e. The van der Waals surface area contributed by atoms with Crippen LogP contribution in [0.5, 0.6) is 0 Å². The number of pyridine rings is 1. The highest BCUT2D eigenvalue weighted by atomic mass is 16.7. The molecule has 2 aromatic heterocycles. The van der Waals surface area contributed by atoms with E-state index in [4.69, 9.17) is 14.3 Å². The molecule has 5 nitrogen and oxygen atoms in total. The molecule has 0 atom stereocenters. The van der Waals surface area contributed by atoms with E-state index in [1.165, 1.54) is 0 Å². The Balaban J connectivity index is 1.93. The average molecular weight is 299 g/mol. The van der Waals surface area contributed by atoms with Crippen molar-refractivity contribution in [3.05, 3.63) is 36.4 Å². The van der Waals surface area contributed by atoms with E-state index in [9.17, 15) is 0 Å². The van der Waals surface area contributed by atoms with Crippen LogP contribution in [0.2, 0.25) is 0 Å². The average Bonchev–Trinajstić information content (AvgIpc) is 3.02. The van der Waals surface area contributed by atoms with E-state index < -0.39 is 7.12 Å². The minimum atomic E-state index is -0.446. The zero-order valence-electron chi connectivity index (χ0n) is 13.8. The van der Waals surface area contributed by atoms with Gasteiger partial charge in [-0.25, -0.2) is 9.97 Å². The Morgan fingerprint density at radius 3 is 2.45 bits per heavy atom. The van der Waals surface area contributed by atoms with Crippen molar-refractivity contribution in [2.45, 2.75) is 52.2 Å². The van der Waals surface area contributed by atoms with Crippen LogP contribution < -0.4 is 5.59 Å². The van der Waals surface area contributed by atoms with Gasteiger partial charge in [0.1, 0.15) is 11.6 Å². The molecule has 2 aromatic rings. The number of rotatable bonds is 3. The highest BCUT2D eigenvalue weighted by molar-refractivity contribution is 6.61. The molecular formula is C16H22BN3O2. The topological polar surface area (TPSA) is 49.2 Å². The number of hydrogen-bond donors (Lipinski definition) is 0. The van der Waals surface area contributed by atoms with E-state index in [2.05, 4.69) is 11.9 Å². The van der Waals surface area contributed by atoms with Gasteiger partial charge in [0, 0.05) is 18.8 Å². The van der Waals surface area contributed by atoms with E-state index in [1.54, 1.807) is 6.20 Å². The van der Waals surface area contributed by atoms with Crippen LogP contribution in [0.1, 0.15) is 40.4 Å².